The molecule has 2 aliphatic carbocycles. The number of carbonyl (C=O) groups excluding carboxylic acids is 1. The number of amides is 2. The first kappa shape index (κ1) is 13.4. The maximum atomic E-state index is 11.8. The highest BCUT2D eigenvalue weighted by Crippen LogP contribution is 2.38. The number of aromatic nitrogens is 2. The Morgan fingerprint density at radius 1 is 1.35 bits per heavy atom. The zero-order valence-corrected chi connectivity index (χ0v) is 11.9. The molecule has 0 aliphatic heterocycles. The summed E-state index contributed by atoms with van der Waals surface area (Å²) in [4.78, 5) is 16.0. The van der Waals surface area contributed by atoms with Crippen molar-refractivity contribution in [2.75, 3.05) is 6.54 Å². The number of nitrogens with zero attached hydrogens (tertiary/aromatic N) is 2. The molecule has 0 radical (unpaired) electrons. The summed E-state index contributed by atoms with van der Waals surface area (Å²) in [6.45, 7) is 3.26. The molecule has 2 amide bonds. The number of urea groups is 1. The Labute approximate surface area is 118 Å². The molecule has 2 fully saturated rings. The highest BCUT2D eigenvalue weighted by Gasteiger charge is 2.29. The summed E-state index contributed by atoms with van der Waals surface area (Å²) in [6.07, 6.45) is 7.22. The molecule has 0 spiro atoms. The van der Waals surface area contributed by atoms with Crippen molar-refractivity contribution in [3.63, 3.8) is 0 Å². The lowest BCUT2D eigenvalue weighted by molar-refractivity contribution is 0.229. The molecule has 20 heavy (non-hydrogen) atoms. The molecule has 6 nitrogen and oxygen atoms in total. The summed E-state index contributed by atoms with van der Waals surface area (Å²) in [7, 11) is 0. The fraction of sp³-hybridized carbons (Fsp3) is 0.786. The van der Waals surface area contributed by atoms with Crippen molar-refractivity contribution in [3.05, 3.63) is 11.7 Å². The Kier molecular flexibility index (Phi) is 3.63. The lowest BCUT2D eigenvalue weighted by atomic mass is 9.89. The van der Waals surface area contributed by atoms with Crippen LogP contribution in [0.4, 0.5) is 4.79 Å². The lowest BCUT2D eigenvalue weighted by Gasteiger charge is -2.23. The first-order chi connectivity index (χ1) is 9.65. The smallest absolute Gasteiger partial charge is 0.315 e. The van der Waals surface area contributed by atoms with E-state index in [-0.39, 0.29) is 11.4 Å². The second-order valence-electron chi connectivity index (χ2n) is 6.37. The molecule has 0 atom stereocenters. The summed E-state index contributed by atoms with van der Waals surface area (Å²) in [6, 6.07) is -0.163. The van der Waals surface area contributed by atoms with Gasteiger partial charge in [-0.1, -0.05) is 24.9 Å². The van der Waals surface area contributed by atoms with Crippen LogP contribution in [-0.2, 0) is 6.54 Å². The van der Waals surface area contributed by atoms with Gasteiger partial charge in [-0.3, -0.25) is 0 Å². The predicted octanol–water partition coefficient (Wildman–Crippen LogP) is 2.33. The molecule has 3 rings (SSSR count). The molecule has 2 aliphatic rings. The van der Waals surface area contributed by atoms with Crippen LogP contribution >= 0.6 is 0 Å². The molecule has 0 unspecified atom stereocenters. The van der Waals surface area contributed by atoms with Crippen LogP contribution in [0.2, 0.25) is 0 Å². The minimum atomic E-state index is -0.163. The monoisotopic (exact) mass is 278 g/mol. The SMILES string of the molecule is CC1(CNC(=O)NCc2nc(C3CC3)no2)CCCC1. The van der Waals surface area contributed by atoms with E-state index in [2.05, 4.69) is 27.7 Å². The van der Waals surface area contributed by atoms with Gasteiger partial charge in [0.15, 0.2) is 5.82 Å². The molecule has 0 bridgehead atoms. The molecular weight excluding hydrogens is 256 g/mol. The summed E-state index contributed by atoms with van der Waals surface area (Å²) < 4.78 is 5.11. The quantitative estimate of drug-likeness (QED) is 0.866. The summed E-state index contributed by atoms with van der Waals surface area (Å²) in [5.41, 5.74) is 0.265. The third kappa shape index (κ3) is 3.29. The maximum Gasteiger partial charge on any atom is 0.315 e. The van der Waals surface area contributed by atoms with Gasteiger partial charge >= 0.3 is 6.03 Å². The van der Waals surface area contributed by atoms with Crippen molar-refractivity contribution in [1.29, 1.82) is 0 Å². The molecule has 1 aromatic rings. The number of rotatable bonds is 5. The Bertz CT molecular complexity index is 475. The molecule has 6 heteroatoms. The predicted molar refractivity (Wildman–Crippen MR) is 73.1 cm³/mol. The van der Waals surface area contributed by atoms with Crippen LogP contribution < -0.4 is 10.6 Å². The van der Waals surface area contributed by atoms with Crippen molar-refractivity contribution >= 4 is 6.03 Å². The molecule has 2 N–H and O–H groups in total. The zero-order valence-electron chi connectivity index (χ0n) is 11.9. The van der Waals surface area contributed by atoms with Crippen molar-refractivity contribution in [2.24, 2.45) is 5.41 Å². The summed E-state index contributed by atoms with van der Waals surface area (Å²) in [5, 5.41) is 9.62. The molecule has 2 saturated carbocycles. The van der Waals surface area contributed by atoms with Crippen LogP contribution in [0, 0.1) is 5.41 Å². The van der Waals surface area contributed by atoms with Crippen molar-refractivity contribution in [3.8, 4) is 0 Å². The van der Waals surface area contributed by atoms with Gasteiger partial charge in [-0.2, -0.15) is 4.98 Å². The second kappa shape index (κ2) is 5.42. The van der Waals surface area contributed by atoms with Gasteiger partial charge in [-0.25, -0.2) is 4.79 Å². The minimum absolute atomic E-state index is 0.163. The number of carbonyl (C=O) groups is 1. The van der Waals surface area contributed by atoms with Gasteiger partial charge in [0.05, 0.1) is 6.54 Å². The molecule has 110 valence electrons. The number of hydrogen-bond donors (Lipinski definition) is 2. The van der Waals surface area contributed by atoms with Crippen LogP contribution in [0.1, 0.15) is 63.1 Å². The standard InChI is InChI=1S/C14H22N4O2/c1-14(6-2-3-7-14)9-16-13(19)15-8-11-17-12(18-20-11)10-4-5-10/h10H,2-9H2,1H3,(H2,15,16,19). The highest BCUT2D eigenvalue weighted by molar-refractivity contribution is 5.73. The van der Waals surface area contributed by atoms with Gasteiger partial charge in [0, 0.05) is 12.5 Å². The van der Waals surface area contributed by atoms with E-state index in [0.29, 0.717) is 18.4 Å². The first-order valence-corrected chi connectivity index (χ1v) is 7.49. The molecular formula is C14H22N4O2. The fourth-order valence-corrected chi connectivity index (χ4v) is 2.76. The second-order valence-corrected chi connectivity index (χ2v) is 6.37. The van der Waals surface area contributed by atoms with E-state index in [1.807, 2.05) is 0 Å². The Balaban J connectivity index is 1.39. The van der Waals surface area contributed by atoms with Crippen LogP contribution in [0.5, 0.6) is 0 Å². The fourth-order valence-electron chi connectivity index (χ4n) is 2.76. The topological polar surface area (TPSA) is 80.0 Å². The van der Waals surface area contributed by atoms with Crippen LogP contribution in [-0.4, -0.2) is 22.7 Å². The van der Waals surface area contributed by atoms with E-state index in [1.54, 1.807) is 0 Å². The van der Waals surface area contributed by atoms with E-state index in [4.69, 9.17) is 4.52 Å². The maximum absolute atomic E-state index is 11.8. The Morgan fingerprint density at radius 3 is 2.80 bits per heavy atom. The van der Waals surface area contributed by atoms with Gasteiger partial charge < -0.3 is 15.2 Å². The van der Waals surface area contributed by atoms with E-state index in [1.165, 1.54) is 25.7 Å². The molecule has 0 aromatic carbocycles. The van der Waals surface area contributed by atoms with Gasteiger partial charge in [0.2, 0.25) is 5.89 Å². The largest absolute Gasteiger partial charge is 0.338 e. The van der Waals surface area contributed by atoms with Crippen LogP contribution in [0.3, 0.4) is 0 Å². The third-order valence-corrected chi connectivity index (χ3v) is 4.31. The van der Waals surface area contributed by atoms with Crippen LogP contribution in [0.25, 0.3) is 0 Å². The Hall–Kier alpha value is -1.59. The third-order valence-electron chi connectivity index (χ3n) is 4.31. The van der Waals surface area contributed by atoms with Gasteiger partial charge in [-0.05, 0) is 31.1 Å². The molecule has 1 heterocycles. The van der Waals surface area contributed by atoms with Gasteiger partial charge in [0.25, 0.3) is 0 Å². The highest BCUT2D eigenvalue weighted by atomic mass is 16.5. The minimum Gasteiger partial charge on any atom is -0.338 e. The van der Waals surface area contributed by atoms with E-state index in [0.717, 1.165) is 25.2 Å². The van der Waals surface area contributed by atoms with Crippen LogP contribution in [0.15, 0.2) is 4.52 Å². The van der Waals surface area contributed by atoms with Crippen molar-refractivity contribution in [2.45, 2.75) is 57.9 Å². The molecule has 0 saturated heterocycles. The Morgan fingerprint density at radius 2 is 2.10 bits per heavy atom. The van der Waals surface area contributed by atoms with E-state index in [9.17, 15) is 4.79 Å². The zero-order chi connectivity index (χ0) is 14.0. The average Bonchev–Trinajstić information content (AvgIpc) is 3.02. The first-order valence-electron chi connectivity index (χ1n) is 7.49. The summed E-state index contributed by atoms with van der Waals surface area (Å²) >= 11 is 0. The number of hydrogen-bond acceptors (Lipinski definition) is 4. The summed E-state index contributed by atoms with van der Waals surface area (Å²) in [5.74, 6) is 1.73. The van der Waals surface area contributed by atoms with Crippen molar-refractivity contribution < 1.29 is 9.32 Å². The normalized spacial score (nSPS) is 20.9. The van der Waals surface area contributed by atoms with E-state index >= 15 is 0 Å². The van der Waals surface area contributed by atoms with E-state index < -0.39 is 0 Å². The van der Waals surface area contributed by atoms with Gasteiger partial charge in [0.1, 0.15) is 0 Å². The van der Waals surface area contributed by atoms with Crippen molar-refractivity contribution in [1.82, 2.24) is 20.8 Å². The average molecular weight is 278 g/mol. The lowest BCUT2D eigenvalue weighted by Crippen LogP contribution is -2.40. The molecule has 1 aromatic heterocycles. The van der Waals surface area contributed by atoms with Gasteiger partial charge in [-0.15, -0.1) is 0 Å². The number of nitrogens with one attached hydrogen (secondary N) is 2.